The molecule has 1 amide bonds. The summed E-state index contributed by atoms with van der Waals surface area (Å²) in [5.41, 5.74) is -0.0548. The highest BCUT2D eigenvalue weighted by atomic mass is 16.6. The maximum atomic E-state index is 12.1. The van der Waals surface area contributed by atoms with E-state index in [1.807, 2.05) is 6.92 Å². The van der Waals surface area contributed by atoms with Crippen LogP contribution in [0.4, 0.5) is 10.5 Å². The third kappa shape index (κ3) is 2.72. The molecule has 0 bridgehead atoms. The van der Waals surface area contributed by atoms with Gasteiger partial charge in [-0.1, -0.05) is 5.92 Å². The molecular formula is C14H14N2O4. The van der Waals surface area contributed by atoms with Gasteiger partial charge in [-0.25, -0.2) is 4.79 Å². The van der Waals surface area contributed by atoms with E-state index < -0.39 is 11.0 Å². The number of hydrogen-bond acceptors (Lipinski definition) is 4. The lowest BCUT2D eigenvalue weighted by Gasteiger charge is -2.24. The number of nitro groups is 1. The Morgan fingerprint density at radius 1 is 1.45 bits per heavy atom. The maximum Gasteiger partial charge on any atom is 0.416 e. The summed E-state index contributed by atoms with van der Waals surface area (Å²) in [7, 11) is 0. The summed E-state index contributed by atoms with van der Waals surface area (Å²) in [6.45, 7) is 1.91. The van der Waals surface area contributed by atoms with E-state index in [0.29, 0.717) is 0 Å². The van der Waals surface area contributed by atoms with Crippen LogP contribution in [0.15, 0.2) is 24.3 Å². The Labute approximate surface area is 116 Å². The number of ether oxygens (including phenoxy) is 1. The van der Waals surface area contributed by atoms with Gasteiger partial charge in [-0.05, 0) is 31.9 Å². The number of carbonyl (C=O) groups is 1. The van der Waals surface area contributed by atoms with Gasteiger partial charge in [0.2, 0.25) is 0 Å². The van der Waals surface area contributed by atoms with E-state index in [2.05, 4.69) is 5.92 Å². The van der Waals surface area contributed by atoms with E-state index in [1.165, 1.54) is 29.2 Å². The van der Waals surface area contributed by atoms with Gasteiger partial charge < -0.3 is 4.74 Å². The lowest BCUT2D eigenvalue weighted by Crippen LogP contribution is -2.41. The molecule has 1 aromatic rings. The topological polar surface area (TPSA) is 72.7 Å². The van der Waals surface area contributed by atoms with E-state index in [-0.39, 0.29) is 23.5 Å². The van der Waals surface area contributed by atoms with E-state index in [1.54, 1.807) is 0 Å². The fraction of sp³-hybridized carbons (Fsp3) is 0.357. The van der Waals surface area contributed by atoms with Crippen molar-refractivity contribution in [3.8, 4) is 18.1 Å². The molecule has 0 saturated carbocycles. The number of terminal acetylenes is 1. The van der Waals surface area contributed by atoms with Crippen molar-refractivity contribution in [2.45, 2.75) is 31.8 Å². The molecule has 0 spiro atoms. The van der Waals surface area contributed by atoms with Gasteiger partial charge in [0.25, 0.3) is 5.69 Å². The predicted octanol–water partition coefficient (Wildman–Crippen LogP) is 2.58. The first-order valence-electron chi connectivity index (χ1n) is 6.23. The van der Waals surface area contributed by atoms with E-state index in [0.717, 1.165) is 12.8 Å². The molecule has 2 rings (SSSR count). The second kappa shape index (κ2) is 5.61. The number of benzene rings is 1. The van der Waals surface area contributed by atoms with Crippen LogP contribution in [0.2, 0.25) is 0 Å². The highest BCUT2D eigenvalue weighted by Crippen LogP contribution is 2.25. The minimum atomic E-state index is -0.521. The molecule has 20 heavy (non-hydrogen) atoms. The summed E-state index contributed by atoms with van der Waals surface area (Å²) in [6.07, 6.45) is 6.47. The molecule has 0 aliphatic carbocycles. The summed E-state index contributed by atoms with van der Waals surface area (Å²) >= 11 is 0. The fourth-order valence-electron chi connectivity index (χ4n) is 2.24. The molecule has 0 N–H and O–H groups in total. The van der Waals surface area contributed by atoms with Gasteiger partial charge in [-0.15, -0.1) is 6.42 Å². The highest BCUT2D eigenvalue weighted by Gasteiger charge is 2.34. The molecule has 1 aliphatic heterocycles. The molecule has 0 radical (unpaired) electrons. The van der Waals surface area contributed by atoms with Crippen molar-refractivity contribution < 1.29 is 14.5 Å². The Morgan fingerprint density at radius 3 is 2.65 bits per heavy atom. The quantitative estimate of drug-likeness (QED) is 0.472. The van der Waals surface area contributed by atoms with Gasteiger partial charge in [-0.2, -0.15) is 0 Å². The Morgan fingerprint density at radius 2 is 2.10 bits per heavy atom. The van der Waals surface area contributed by atoms with E-state index >= 15 is 0 Å². The van der Waals surface area contributed by atoms with Crippen molar-refractivity contribution in [1.29, 1.82) is 0 Å². The summed E-state index contributed by atoms with van der Waals surface area (Å²) in [5, 5.41) is 10.5. The van der Waals surface area contributed by atoms with Gasteiger partial charge in [-0.3, -0.25) is 15.0 Å². The second-order valence-corrected chi connectivity index (χ2v) is 4.64. The SMILES string of the molecule is C#CC1CC[C@@H](C)N1C(=O)Oc1ccc([N+](=O)[O-])cc1. The summed E-state index contributed by atoms with van der Waals surface area (Å²) in [4.78, 5) is 23.6. The standard InChI is InChI=1S/C14H14N2O4/c1-3-11-5-4-10(2)15(11)14(17)20-13-8-6-12(7-9-13)16(18)19/h1,6-11H,4-5H2,2H3/t10-,11?/m1/s1. The molecular weight excluding hydrogens is 260 g/mol. The first-order valence-corrected chi connectivity index (χ1v) is 6.23. The van der Waals surface area contributed by atoms with Crippen LogP contribution in [0.1, 0.15) is 19.8 Å². The minimum Gasteiger partial charge on any atom is -0.410 e. The van der Waals surface area contributed by atoms with Gasteiger partial charge >= 0.3 is 6.09 Å². The molecule has 1 unspecified atom stereocenters. The minimum absolute atomic E-state index is 0.0293. The van der Waals surface area contributed by atoms with Crippen molar-refractivity contribution >= 4 is 11.8 Å². The molecule has 104 valence electrons. The van der Waals surface area contributed by atoms with Crippen molar-refractivity contribution in [3.63, 3.8) is 0 Å². The average Bonchev–Trinajstić information content (AvgIpc) is 2.80. The zero-order chi connectivity index (χ0) is 14.7. The molecule has 6 nitrogen and oxygen atoms in total. The number of rotatable bonds is 2. The van der Waals surface area contributed by atoms with Crippen LogP contribution in [-0.2, 0) is 0 Å². The number of nitro benzene ring substituents is 1. The predicted molar refractivity (Wildman–Crippen MR) is 72.3 cm³/mol. The van der Waals surface area contributed by atoms with Crippen LogP contribution in [0.5, 0.6) is 5.75 Å². The number of nitrogens with zero attached hydrogens (tertiary/aromatic N) is 2. The zero-order valence-corrected chi connectivity index (χ0v) is 11.0. The number of carbonyl (C=O) groups excluding carboxylic acids is 1. The van der Waals surface area contributed by atoms with E-state index in [9.17, 15) is 14.9 Å². The molecule has 0 aromatic heterocycles. The van der Waals surface area contributed by atoms with Crippen molar-refractivity contribution in [2.75, 3.05) is 0 Å². The Hall–Kier alpha value is -2.55. The number of non-ortho nitro benzene ring substituents is 1. The molecule has 2 atom stereocenters. The third-order valence-electron chi connectivity index (χ3n) is 3.32. The summed E-state index contributed by atoms with van der Waals surface area (Å²) < 4.78 is 5.20. The monoisotopic (exact) mass is 274 g/mol. The summed E-state index contributed by atoms with van der Waals surface area (Å²) in [5.74, 6) is 2.83. The largest absolute Gasteiger partial charge is 0.416 e. The first-order chi connectivity index (χ1) is 9.52. The fourth-order valence-corrected chi connectivity index (χ4v) is 2.24. The van der Waals surface area contributed by atoms with E-state index in [4.69, 9.17) is 11.2 Å². The van der Waals surface area contributed by atoms with Crippen LogP contribution in [0.3, 0.4) is 0 Å². The van der Waals surface area contributed by atoms with Gasteiger partial charge in [0.1, 0.15) is 5.75 Å². The van der Waals surface area contributed by atoms with Crippen molar-refractivity contribution in [2.24, 2.45) is 0 Å². The molecule has 1 aliphatic rings. The molecule has 1 heterocycles. The Balaban J connectivity index is 2.08. The van der Waals surface area contributed by atoms with Crippen LogP contribution in [0.25, 0.3) is 0 Å². The summed E-state index contributed by atoms with van der Waals surface area (Å²) in [6, 6.07) is 5.13. The highest BCUT2D eigenvalue weighted by molar-refractivity contribution is 5.72. The lowest BCUT2D eigenvalue weighted by molar-refractivity contribution is -0.384. The second-order valence-electron chi connectivity index (χ2n) is 4.64. The van der Waals surface area contributed by atoms with Crippen LogP contribution in [-0.4, -0.2) is 28.0 Å². The molecule has 1 aromatic carbocycles. The first kappa shape index (κ1) is 13.9. The van der Waals surface area contributed by atoms with Crippen molar-refractivity contribution in [1.82, 2.24) is 4.90 Å². The normalized spacial score (nSPS) is 21.3. The molecule has 1 saturated heterocycles. The Bertz CT molecular complexity index is 562. The zero-order valence-electron chi connectivity index (χ0n) is 11.0. The smallest absolute Gasteiger partial charge is 0.410 e. The Kier molecular flexibility index (Phi) is 3.89. The van der Waals surface area contributed by atoms with Crippen LogP contribution < -0.4 is 4.74 Å². The van der Waals surface area contributed by atoms with Crippen LogP contribution >= 0.6 is 0 Å². The van der Waals surface area contributed by atoms with Gasteiger partial charge in [0.15, 0.2) is 0 Å². The number of likely N-dealkylation sites (tertiary alicyclic amines) is 1. The number of amides is 1. The van der Waals surface area contributed by atoms with Crippen LogP contribution in [0, 0.1) is 22.5 Å². The number of hydrogen-bond donors (Lipinski definition) is 0. The third-order valence-corrected chi connectivity index (χ3v) is 3.32. The maximum absolute atomic E-state index is 12.1. The molecule has 1 fully saturated rings. The molecule has 6 heteroatoms. The van der Waals surface area contributed by atoms with Gasteiger partial charge in [0.05, 0.1) is 11.0 Å². The van der Waals surface area contributed by atoms with Crippen molar-refractivity contribution in [3.05, 3.63) is 34.4 Å². The lowest BCUT2D eigenvalue weighted by atomic mass is 10.2. The average molecular weight is 274 g/mol. The van der Waals surface area contributed by atoms with Gasteiger partial charge in [0, 0.05) is 18.2 Å².